The maximum absolute atomic E-state index is 11.2. The fourth-order valence-corrected chi connectivity index (χ4v) is 2.50. The predicted octanol–water partition coefficient (Wildman–Crippen LogP) is 2.97. The van der Waals surface area contributed by atoms with Crippen LogP contribution in [0.15, 0.2) is 53.5 Å². The van der Waals surface area contributed by atoms with Crippen LogP contribution in [0.5, 0.6) is 0 Å². The molecule has 1 aliphatic heterocycles. The minimum absolute atomic E-state index is 0.202. The van der Waals surface area contributed by atoms with Gasteiger partial charge in [0.2, 0.25) is 0 Å². The Hall–Kier alpha value is -2.66. The molecule has 1 aliphatic rings. The van der Waals surface area contributed by atoms with E-state index in [1.165, 1.54) is 0 Å². The number of para-hydroxylation sites is 1. The van der Waals surface area contributed by atoms with Crippen LogP contribution in [0.1, 0.15) is 15.9 Å². The predicted molar refractivity (Wildman–Crippen MR) is 90.1 cm³/mol. The summed E-state index contributed by atoms with van der Waals surface area (Å²) in [5, 5.41) is 9.15. The maximum atomic E-state index is 11.2. The molecule has 0 aromatic heterocycles. The number of ether oxygens (including phenoxy) is 1. The Labute approximate surface area is 134 Å². The number of rotatable bonds is 4. The monoisotopic (exact) mass is 310 g/mol. The number of anilines is 1. The van der Waals surface area contributed by atoms with Gasteiger partial charge in [-0.3, -0.25) is 4.99 Å². The minimum atomic E-state index is -0.972. The molecular weight excluding hydrogens is 292 g/mol. The van der Waals surface area contributed by atoms with Crippen LogP contribution in [0.25, 0.3) is 0 Å². The fraction of sp³-hybridized carbons (Fsp3) is 0.222. The number of carboxylic acid groups (broad SMARTS) is 1. The van der Waals surface area contributed by atoms with Crippen LogP contribution >= 0.6 is 0 Å². The number of carboxylic acids is 1. The van der Waals surface area contributed by atoms with Crippen LogP contribution in [0, 0.1) is 0 Å². The molecule has 1 N–H and O–H groups in total. The largest absolute Gasteiger partial charge is 0.478 e. The Balaban J connectivity index is 1.74. The Morgan fingerprint density at radius 3 is 2.48 bits per heavy atom. The molecule has 5 heteroatoms. The van der Waals surface area contributed by atoms with Crippen LogP contribution in [0.3, 0.4) is 0 Å². The molecule has 1 saturated heterocycles. The van der Waals surface area contributed by atoms with Crippen LogP contribution in [0.2, 0.25) is 0 Å². The van der Waals surface area contributed by atoms with Crippen molar-refractivity contribution >= 4 is 23.6 Å². The summed E-state index contributed by atoms with van der Waals surface area (Å²) < 4.78 is 5.35. The van der Waals surface area contributed by atoms with E-state index in [1.807, 2.05) is 12.1 Å². The van der Waals surface area contributed by atoms with Crippen molar-refractivity contribution in [1.29, 1.82) is 0 Å². The van der Waals surface area contributed by atoms with Gasteiger partial charge in [0.25, 0.3) is 0 Å². The zero-order chi connectivity index (χ0) is 16.1. The molecule has 1 heterocycles. The third kappa shape index (κ3) is 3.76. The fourth-order valence-electron chi connectivity index (χ4n) is 2.50. The summed E-state index contributed by atoms with van der Waals surface area (Å²) in [4.78, 5) is 17.7. The van der Waals surface area contributed by atoms with Gasteiger partial charge in [-0.05, 0) is 29.8 Å². The van der Waals surface area contributed by atoms with E-state index in [4.69, 9.17) is 9.84 Å². The minimum Gasteiger partial charge on any atom is -0.478 e. The number of nitrogens with zero attached hydrogens (tertiary/aromatic N) is 2. The molecule has 0 aliphatic carbocycles. The number of carbonyl (C=O) groups is 1. The zero-order valence-corrected chi connectivity index (χ0v) is 12.7. The standard InChI is InChI=1S/C18H18N2O3/c21-18(22)16-3-1-2-4-17(16)19-13-14-5-7-15(8-6-14)20-9-11-23-12-10-20/h1-8,13H,9-12H2,(H,21,22). The molecule has 2 aromatic carbocycles. The molecule has 2 aromatic rings. The van der Waals surface area contributed by atoms with Crippen molar-refractivity contribution in [3.05, 3.63) is 59.7 Å². The molecular formula is C18H18N2O3. The molecule has 0 amide bonds. The molecule has 23 heavy (non-hydrogen) atoms. The van der Waals surface area contributed by atoms with Crippen molar-refractivity contribution < 1.29 is 14.6 Å². The summed E-state index contributed by atoms with van der Waals surface area (Å²) in [7, 11) is 0. The van der Waals surface area contributed by atoms with E-state index < -0.39 is 5.97 Å². The van der Waals surface area contributed by atoms with Crippen LogP contribution in [-0.2, 0) is 4.74 Å². The zero-order valence-electron chi connectivity index (χ0n) is 12.7. The summed E-state index contributed by atoms with van der Waals surface area (Å²) in [5.74, 6) is -0.972. The first-order valence-electron chi connectivity index (χ1n) is 7.53. The number of hydrogen-bond donors (Lipinski definition) is 1. The van der Waals surface area contributed by atoms with E-state index in [-0.39, 0.29) is 5.56 Å². The van der Waals surface area contributed by atoms with Gasteiger partial charge in [0.05, 0.1) is 24.5 Å². The number of morpholine rings is 1. The van der Waals surface area contributed by atoms with Gasteiger partial charge >= 0.3 is 5.97 Å². The van der Waals surface area contributed by atoms with Gasteiger partial charge in [-0.15, -0.1) is 0 Å². The summed E-state index contributed by atoms with van der Waals surface area (Å²) in [6, 6.07) is 14.8. The molecule has 0 radical (unpaired) electrons. The molecule has 0 atom stereocenters. The van der Waals surface area contributed by atoms with E-state index in [1.54, 1.807) is 30.5 Å². The van der Waals surface area contributed by atoms with Crippen molar-refractivity contribution in [3.8, 4) is 0 Å². The molecule has 118 valence electrons. The van der Waals surface area contributed by atoms with E-state index in [2.05, 4.69) is 22.0 Å². The lowest BCUT2D eigenvalue weighted by molar-refractivity contribution is 0.0698. The molecule has 0 bridgehead atoms. The number of aliphatic imine (C=N–C) groups is 1. The third-order valence-electron chi connectivity index (χ3n) is 3.76. The molecule has 0 spiro atoms. The lowest BCUT2D eigenvalue weighted by Crippen LogP contribution is -2.36. The van der Waals surface area contributed by atoms with E-state index >= 15 is 0 Å². The van der Waals surface area contributed by atoms with Gasteiger partial charge in [-0.1, -0.05) is 24.3 Å². The quantitative estimate of drug-likeness (QED) is 0.882. The highest BCUT2D eigenvalue weighted by Crippen LogP contribution is 2.19. The lowest BCUT2D eigenvalue weighted by atomic mass is 10.1. The topological polar surface area (TPSA) is 62.1 Å². The van der Waals surface area contributed by atoms with Crippen LogP contribution in [0.4, 0.5) is 11.4 Å². The molecule has 3 rings (SSSR count). The van der Waals surface area contributed by atoms with Gasteiger partial charge in [-0.25, -0.2) is 4.79 Å². The average molecular weight is 310 g/mol. The summed E-state index contributed by atoms with van der Waals surface area (Å²) in [5.41, 5.74) is 2.75. The second-order valence-corrected chi connectivity index (χ2v) is 5.27. The van der Waals surface area contributed by atoms with Crippen LogP contribution in [-0.4, -0.2) is 43.6 Å². The van der Waals surface area contributed by atoms with Crippen molar-refractivity contribution in [2.75, 3.05) is 31.2 Å². The normalized spacial score (nSPS) is 15.0. The first kappa shape index (κ1) is 15.2. The van der Waals surface area contributed by atoms with Gasteiger partial charge in [0.1, 0.15) is 0 Å². The maximum Gasteiger partial charge on any atom is 0.337 e. The second-order valence-electron chi connectivity index (χ2n) is 5.27. The SMILES string of the molecule is O=C(O)c1ccccc1N=Cc1ccc(N2CCOCC2)cc1. The van der Waals surface area contributed by atoms with Gasteiger partial charge in [-0.2, -0.15) is 0 Å². The van der Waals surface area contributed by atoms with E-state index in [0.717, 1.165) is 37.6 Å². The van der Waals surface area contributed by atoms with Crippen molar-refractivity contribution in [2.24, 2.45) is 4.99 Å². The summed E-state index contributed by atoms with van der Waals surface area (Å²) in [6.45, 7) is 3.32. The molecule has 0 unspecified atom stereocenters. The smallest absolute Gasteiger partial charge is 0.337 e. The van der Waals surface area contributed by atoms with Crippen molar-refractivity contribution in [1.82, 2.24) is 0 Å². The Kier molecular flexibility index (Phi) is 4.68. The van der Waals surface area contributed by atoms with Crippen molar-refractivity contribution in [2.45, 2.75) is 0 Å². The van der Waals surface area contributed by atoms with Gasteiger partial charge in [0, 0.05) is 25.0 Å². The molecule has 1 fully saturated rings. The Bertz CT molecular complexity index is 704. The number of aromatic carboxylic acids is 1. The third-order valence-corrected chi connectivity index (χ3v) is 3.76. The number of benzene rings is 2. The van der Waals surface area contributed by atoms with E-state index in [9.17, 15) is 4.79 Å². The van der Waals surface area contributed by atoms with Gasteiger partial charge < -0.3 is 14.7 Å². The van der Waals surface area contributed by atoms with E-state index in [0.29, 0.717) is 5.69 Å². The first-order valence-corrected chi connectivity index (χ1v) is 7.53. The van der Waals surface area contributed by atoms with Crippen LogP contribution < -0.4 is 4.90 Å². The lowest BCUT2D eigenvalue weighted by Gasteiger charge is -2.28. The van der Waals surface area contributed by atoms with Crippen molar-refractivity contribution in [3.63, 3.8) is 0 Å². The second kappa shape index (κ2) is 7.07. The molecule has 0 saturated carbocycles. The Morgan fingerprint density at radius 1 is 1.09 bits per heavy atom. The Morgan fingerprint density at radius 2 is 1.78 bits per heavy atom. The highest BCUT2D eigenvalue weighted by molar-refractivity contribution is 5.95. The average Bonchev–Trinajstić information content (AvgIpc) is 2.61. The number of hydrogen-bond acceptors (Lipinski definition) is 4. The highest BCUT2D eigenvalue weighted by atomic mass is 16.5. The first-order chi connectivity index (χ1) is 11.2. The summed E-state index contributed by atoms with van der Waals surface area (Å²) >= 11 is 0. The highest BCUT2D eigenvalue weighted by Gasteiger charge is 2.10. The van der Waals surface area contributed by atoms with Gasteiger partial charge in [0.15, 0.2) is 0 Å². The summed E-state index contributed by atoms with van der Waals surface area (Å²) in [6.07, 6.45) is 1.69. The molecule has 5 nitrogen and oxygen atoms in total.